The number of hydrogen-bond donors (Lipinski definition) is 3. The summed E-state index contributed by atoms with van der Waals surface area (Å²) in [4.78, 5) is 4.04. The number of pyridine rings is 1. The maximum atomic E-state index is 8.56. The molecule has 0 spiro atoms. The zero-order valence-electron chi connectivity index (χ0n) is 11.1. The highest BCUT2D eigenvalue weighted by atomic mass is 16.4. The van der Waals surface area contributed by atoms with Crippen molar-refractivity contribution in [3.8, 4) is 0 Å². The number of rotatable bonds is 6. The molecule has 0 aliphatic carbocycles. The Balaban J connectivity index is 2.13. The summed E-state index contributed by atoms with van der Waals surface area (Å²) in [5.41, 5.74) is 7.78. The highest BCUT2D eigenvalue weighted by molar-refractivity contribution is 5.79. The van der Waals surface area contributed by atoms with Gasteiger partial charge in [-0.15, -0.1) is 0 Å². The van der Waals surface area contributed by atoms with Crippen LogP contribution >= 0.6 is 0 Å². The van der Waals surface area contributed by atoms with Gasteiger partial charge in [0.25, 0.3) is 0 Å². The Bertz CT molecular complexity index is 503. The molecule has 0 radical (unpaired) electrons. The van der Waals surface area contributed by atoms with Gasteiger partial charge >= 0.3 is 0 Å². The van der Waals surface area contributed by atoms with Crippen LogP contribution in [0.4, 0.5) is 0 Å². The predicted octanol–water partition coefficient (Wildman–Crippen LogP) is 1.90. The van der Waals surface area contributed by atoms with Gasteiger partial charge in [-0.2, -0.15) is 0 Å². The lowest BCUT2D eigenvalue weighted by molar-refractivity contribution is 0.316. The van der Waals surface area contributed by atoms with Crippen LogP contribution in [0.25, 0.3) is 0 Å². The van der Waals surface area contributed by atoms with Gasteiger partial charge in [-0.25, -0.2) is 0 Å². The van der Waals surface area contributed by atoms with Crippen LogP contribution in [0.1, 0.15) is 23.6 Å². The van der Waals surface area contributed by atoms with Gasteiger partial charge < -0.3 is 16.3 Å². The standard InChI is InChI=1S/C15H18N4O/c16-14(19-20)8-11-18-15(12-4-2-1-3-5-12)13-6-9-17-10-7-13/h1-7,9-10,15,18,20H,8,11H2,(H2,16,19). The largest absolute Gasteiger partial charge is 0.409 e. The summed E-state index contributed by atoms with van der Waals surface area (Å²) < 4.78 is 0. The fraction of sp³-hybridized carbons (Fsp3) is 0.200. The van der Waals surface area contributed by atoms with E-state index in [4.69, 9.17) is 10.9 Å². The fourth-order valence-corrected chi connectivity index (χ4v) is 2.02. The molecule has 4 N–H and O–H groups in total. The van der Waals surface area contributed by atoms with Crippen LogP contribution in [0.5, 0.6) is 0 Å². The number of amidine groups is 1. The smallest absolute Gasteiger partial charge is 0.140 e. The topological polar surface area (TPSA) is 83.5 Å². The van der Waals surface area contributed by atoms with Crippen LogP contribution in [0, 0.1) is 0 Å². The molecule has 2 rings (SSSR count). The Kier molecular flexibility index (Phi) is 5.08. The van der Waals surface area contributed by atoms with E-state index in [1.807, 2.05) is 30.3 Å². The Labute approximate surface area is 118 Å². The first-order chi connectivity index (χ1) is 9.81. The summed E-state index contributed by atoms with van der Waals surface area (Å²) in [6.07, 6.45) is 4.04. The van der Waals surface area contributed by atoms with Crippen molar-refractivity contribution >= 4 is 5.84 Å². The third-order valence-corrected chi connectivity index (χ3v) is 3.03. The van der Waals surface area contributed by atoms with Gasteiger partial charge in [0.2, 0.25) is 0 Å². The van der Waals surface area contributed by atoms with Crippen molar-refractivity contribution in [1.29, 1.82) is 0 Å². The van der Waals surface area contributed by atoms with Crippen molar-refractivity contribution in [2.24, 2.45) is 10.9 Å². The first-order valence-electron chi connectivity index (χ1n) is 6.46. The van der Waals surface area contributed by atoms with Crippen molar-refractivity contribution in [2.45, 2.75) is 12.5 Å². The molecule has 1 heterocycles. The molecule has 5 heteroatoms. The molecule has 104 valence electrons. The van der Waals surface area contributed by atoms with Gasteiger partial charge in [0, 0.05) is 25.4 Å². The summed E-state index contributed by atoms with van der Waals surface area (Å²) in [5, 5.41) is 15.0. The maximum absolute atomic E-state index is 8.56. The van der Waals surface area contributed by atoms with E-state index >= 15 is 0 Å². The van der Waals surface area contributed by atoms with Gasteiger partial charge in [-0.3, -0.25) is 4.98 Å². The van der Waals surface area contributed by atoms with Crippen LogP contribution in [0.2, 0.25) is 0 Å². The molecule has 0 fully saturated rings. The molecular weight excluding hydrogens is 252 g/mol. The molecule has 0 saturated carbocycles. The number of nitrogens with zero attached hydrogens (tertiary/aromatic N) is 2. The SMILES string of the molecule is NC(CCNC(c1ccccc1)c1ccncc1)=NO. The molecular formula is C15H18N4O. The average Bonchev–Trinajstić information content (AvgIpc) is 2.53. The Morgan fingerprint density at radius 1 is 1.15 bits per heavy atom. The van der Waals surface area contributed by atoms with E-state index < -0.39 is 0 Å². The maximum Gasteiger partial charge on any atom is 0.140 e. The van der Waals surface area contributed by atoms with E-state index in [0.29, 0.717) is 13.0 Å². The van der Waals surface area contributed by atoms with E-state index in [1.54, 1.807) is 12.4 Å². The van der Waals surface area contributed by atoms with Gasteiger partial charge in [0.1, 0.15) is 5.84 Å². The summed E-state index contributed by atoms with van der Waals surface area (Å²) in [6.45, 7) is 0.623. The Morgan fingerprint density at radius 3 is 2.45 bits per heavy atom. The molecule has 0 aliphatic rings. The number of nitrogens with one attached hydrogen (secondary N) is 1. The van der Waals surface area contributed by atoms with Crippen LogP contribution in [-0.2, 0) is 0 Å². The molecule has 20 heavy (non-hydrogen) atoms. The van der Waals surface area contributed by atoms with Crippen LogP contribution in [-0.4, -0.2) is 22.6 Å². The molecule has 0 saturated heterocycles. The zero-order chi connectivity index (χ0) is 14.2. The highest BCUT2D eigenvalue weighted by Crippen LogP contribution is 2.21. The molecule has 0 aliphatic heterocycles. The first kappa shape index (κ1) is 14.0. The highest BCUT2D eigenvalue weighted by Gasteiger charge is 2.12. The van der Waals surface area contributed by atoms with E-state index in [-0.39, 0.29) is 11.9 Å². The van der Waals surface area contributed by atoms with Gasteiger partial charge in [-0.1, -0.05) is 35.5 Å². The molecule has 1 aromatic heterocycles. The quantitative estimate of drug-likeness (QED) is 0.324. The van der Waals surface area contributed by atoms with Gasteiger partial charge in [-0.05, 0) is 23.3 Å². The van der Waals surface area contributed by atoms with Crippen molar-refractivity contribution in [1.82, 2.24) is 10.3 Å². The molecule has 1 atom stereocenters. The van der Waals surface area contributed by atoms with E-state index in [1.165, 1.54) is 5.56 Å². The molecule has 1 unspecified atom stereocenters. The second kappa shape index (κ2) is 7.25. The van der Waals surface area contributed by atoms with Gasteiger partial charge in [0.05, 0.1) is 6.04 Å². The molecule has 1 aromatic carbocycles. The number of nitrogens with two attached hydrogens (primary N) is 1. The number of hydrogen-bond acceptors (Lipinski definition) is 4. The fourth-order valence-electron chi connectivity index (χ4n) is 2.02. The zero-order valence-corrected chi connectivity index (χ0v) is 11.1. The van der Waals surface area contributed by atoms with Crippen molar-refractivity contribution in [2.75, 3.05) is 6.54 Å². The normalized spacial score (nSPS) is 13.1. The first-order valence-corrected chi connectivity index (χ1v) is 6.46. The third kappa shape index (κ3) is 3.80. The van der Waals surface area contributed by atoms with Crippen LogP contribution in [0.3, 0.4) is 0 Å². The van der Waals surface area contributed by atoms with Crippen molar-refractivity contribution < 1.29 is 5.21 Å². The summed E-state index contributed by atoms with van der Waals surface area (Å²) in [5.74, 6) is 0.221. The van der Waals surface area contributed by atoms with Crippen LogP contribution in [0.15, 0.2) is 60.0 Å². The Hall–Kier alpha value is -2.40. The van der Waals surface area contributed by atoms with Crippen LogP contribution < -0.4 is 11.1 Å². The Morgan fingerprint density at radius 2 is 1.80 bits per heavy atom. The number of oxime groups is 1. The predicted molar refractivity (Wildman–Crippen MR) is 78.6 cm³/mol. The van der Waals surface area contributed by atoms with E-state index in [9.17, 15) is 0 Å². The molecule has 5 nitrogen and oxygen atoms in total. The minimum Gasteiger partial charge on any atom is -0.409 e. The lowest BCUT2D eigenvalue weighted by Crippen LogP contribution is -2.27. The number of benzene rings is 1. The molecule has 0 amide bonds. The average molecular weight is 270 g/mol. The second-order valence-corrected chi connectivity index (χ2v) is 4.42. The lowest BCUT2D eigenvalue weighted by Gasteiger charge is -2.19. The van der Waals surface area contributed by atoms with Gasteiger partial charge in [0.15, 0.2) is 0 Å². The summed E-state index contributed by atoms with van der Waals surface area (Å²) >= 11 is 0. The number of aromatic nitrogens is 1. The molecule has 2 aromatic rings. The van der Waals surface area contributed by atoms with E-state index in [0.717, 1.165) is 5.56 Å². The van der Waals surface area contributed by atoms with Crippen molar-refractivity contribution in [3.63, 3.8) is 0 Å². The second-order valence-electron chi connectivity index (χ2n) is 4.42. The molecule has 0 bridgehead atoms. The monoisotopic (exact) mass is 270 g/mol. The van der Waals surface area contributed by atoms with E-state index in [2.05, 4.69) is 27.6 Å². The summed E-state index contributed by atoms with van der Waals surface area (Å²) in [6, 6.07) is 14.2. The minimum absolute atomic E-state index is 0.0608. The minimum atomic E-state index is 0.0608. The van der Waals surface area contributed by atoms with Crippen molar-refractivity contribution in [3.05, 3.63) is 66.0 Å². The third-order valence-electron chi connectivity index (χ3n) is 3.03. The lowest BCUT2D eigenvalue weighted by atomic mass is 9.99. The summed E-state index contributed by atoms with van der Waals surface area (Å²) in [7, 11) is 0.